The Hall–Kier alpha value is -3.86. The van der Waals surface area contributed by atoms with Gasteiger partial charge in [-0.2, -0.15) is 0 Å². The molecule has 1 aromatic heterocycles. The number of hydrogen-bond acceptors (Lipinski definition) is 3. The molecule has 0 fully saturated rings. The third-order valence-electron chi connectivity index (χ3n) is 4.92. The number of nitrogens with zero attached hydrogens (tertiary/aromatic N) is 2. The summed E-state index contributed by atoms with van der Waals surface area (Å²) < 4.78 is 7.97. The minimum atomic E-state index is -0.144. The highest BCUT2D eigenvalue weighted by Gasteiger charge is 2.11. The van der Waals surface area contributed by atoms with Gasteiger partial charge in [-0.3, -0.25) is 4.79 Å². The zero-order chi connectivity index (χ0) is 21.3. The van der Waals surface area contributed by atoms with Crippen molar-refractivity contribution in [3.05, 3.63) is 102 Å². The van der Waals surface area contributed by atoms with Gasteiger partial charge in [0, 0.05) is 12.6 Å². The van der Waals surface area contributed by atoms with Crippen LogP contribution >= 0.6 is 0 Å². The van der Waals surface area contributed by atoms with Gasteiger partial charge in [0.15, 0.2) is 0 Å². The van der Waals surface area contributed by atoms with Crippen molar-refractivity contribution >= 4 is 23.0 Å². The summed E-state index contributed by atoms with van der Waals surface area (Å²) >= 11 is 0. The van der Waals surface area contributed by atoms with Gasteiger partial charge in [-0.15, -0.1) is 0 Å². The van der Waals surface area contributed by atoms with Crippen molar-refractivity contribution in [3.63, 3.8) is 0 Å². The maximum Gasteiger partial charge on any atom is 0.244 e. The second-order valence-electron chi connectivity index (χ2n) is 7.15. The van der Waals surface area contributed by atoms with Gasteiger partial charge in [-0.25, -0.2) is 4.98 Å². The first kappa shape index (κ1) is 20.4. The molecular weight excluding hydrogens is 386 g/mol. The molecule has 0 aliphatic carbocycles. The summed E-state index contributed by atoms with van der Waals surface area (Å²) in [6.07, 6.45) is 4.19. The third-order valence-corrected chi connectivity index (χ3v) is 4.92. The monoisotopic (exact) mass is 411 g/mol. The molecule has 1 amide bonds. The number of imidazole rings is 1. The Morgan fingerprint density at radius 3 is 2.45 bits per heavy atom. The van der Waals surface area contributed by atoms with Crippen LogP contribution in [0, 0.1) is 0 Å². The van der Waals surface area contributed by atoms with Crippen LogP contribution in [0.3, 0.4) is 0 Å². The maximum atomic E-state index is 12.3. The van der Waals surface area contributed by atoms with Gasteiger partial charge < -0.3 is 14.6 Å². The number of carbonyl (C=O) groups is 1. The number of hydrogen-bond donors (Lipinski definition) is 1. The molecule has 1 N–H and O–H groups in total. The Morgan fingerprint density at radius 1 is 0.935 bits per heavy atom. The minimum absolute atomic E-state index is 0.144. The summed E-state index contributed by atoms with van der Waals surface area (Å²) in [5, 5.41) is 2.95. The van der Waals surface area contributed by atoms with Crippen LogP contribution in [0.25, 0.3) is 17.1 Å². The number of carbonyl (C=O) groups excluding carboxylic acids is 1. The van der Waals surface area contributed by atoms with E-state index in [0.29, 0.717) is 13.2 Å². The van der Waals surface area contributed by atoms with Gasteiger partial charge in [-0.1, -0.05) is 60.7 Å². The highest BCUT2D eigenvalue weighted by molar-refractivity contribution is 5.91. The van der Waals surface area contributed by atoms with E-state index >= 15 is 0 Å². The van der Waals surface area contributed by atoms with Gasteiger partial charge >= 0.3 is 0 Å². The summed E-state index contributed by atoms with van der Waals surface area (Å²) in [7, 11) is 0. The smallest absolute Gasteiger partial charge is 0.244 e. The molecule has 4 rings (SSSR count). The summed E-state index contributed by atoms with van der Waals surface area (Å²) in [4.78, 5) is 17.0. The van der Waals surface area contributed by atoms with Gasteiger partial charge in [0.25, 0.3) is 0 Å². The first-order valence-corrected chi connectivity index (χ1v) is 10.4. The van der Waals surface area contributed by atoms with E-state index in [1.54, 1.807) is 12.2 Å². The molecule has 1 heterocycles. The van der Waals surface area contributed by atoms with Crippen LogP contribution in [0.4, 0.5) is 0 Å². The van der Waals surface area contributed by atoms with Crippen molar-refractivity contribution in [1.29, 1.82) is 0 Å². The number of amides is 1. The molecule has 4 aromatic rings. The first-order chi connectivity index (χ1) is 15.3. The number of aromatic nitrogens is 2. The SMILES string of the molecule is O=C(/C=C\c1ccccc1)NCc1nc2ccccc2n1CCCOc1ccccc1. The molecule has 3 aromatic carbocycles. The topological polar surface area (TPSA) is 56.2 Å². The van der Waals surface area contributed by atoms with Crippen molar-refractivity contribution in [1.82, 2.24) is 14.9 Å². The summed E-state index contributed by atoms with van der Waals surface area (Å²) in [5.41, 5.74) is 2.98. The molecule has 0 aliphatic heterocycles. The highest BCUT2D eigenvalue weighted by atomic mass is 16.5. The number of aryl methyl sites for hydroxylation is 1. The lowest BCUT2D eigenvalue weighted by atomic mass is 10.2. The van der Waals surface area contributed by atoms with Gasteiger partial charge in [0.05, 0.1) is 24.2 Å². The first-order valence-electron chi connectivity index (χ1n) is 10.4. The van der Waals surface area contributed by atoms with Crippen LogP contribution in [0.2, 0.25) is 0 Å². The van der Waals surface area contributed by atoms with Crippen LogP contribution in [0.15, 0.2) is 91.0 Å². The number of fused-ring (bicyclic) bond motifs is 1. The van der Waals surface area contributed by atoms with Crippen molar-refractivity contribution in [2.75, 3.05) is 6.61 Å². The van der Waals surface area contributed by atoms with Gasteiger partial charge in [0.1, 0.15) is 11.6 Å². The standard InChI is InChI=1S/C26H25N3O2/c30-26(17-16-21-10-3-1-4-11-21)27-20-25-28-23-14-7-8-15-24(23)29(25)18-9-19-31-22-12-5-2-6-13-22/h1-8,10-17H,9,18-20H2,(H,27,30)/b17-16-. The fourth-order valence-electron chi connectivity index (χ4n) is 3.40. The molecule has 0 spiro atoms. The van der Waals surface area contributed by atoms with E-state index in [0.717, 1.165) is 41.1 Å². The molecule has 0 atom stereocenters. The molecule has 5 heteroatoms. The Morgan fingerprint density at radius 2 is 1.65 bits per heavy atom. The van der Waals surface area contributed by atoms with E-state index in [9.17, 15) is 4.79 Å². The van der Waals surface area contributed by atoms with Crippen LogP contribution in [0.5, 0.6) is 5.75 Å². The number of para-hydroxylation sites is 3. The molecule has 156 valence electrons. The van der Waals surface area contributed by atoms with Crippen molar-refractivity contribution in [2.45, 2.75) is 19.5 Å². The number of rotatable bonds is 9. The zero-order valence-electron chi connectivity index (χ0n) is 17.3. The van der Waals surface area contributed by atoms with E-state index in [4.69, 9.17) is 9.72 Å². The fourth-order valence-corrected chi connectivity index (χ4v) is 3.40. The second-order valence-corrected chi connectivity index (χ2v) is 7.15. The highest BCUT2D eigenvalue weighted by Crippen LogP contribution is 2.17. The Kier molecular flexibility index (Phi) is 6.75. The number of nitrogens with one attached hydrogen (secondary N) is 1. The fraction of sp³-hybridized carbons (Fsp3) is 0.154. The van der Waals surface area contributed by atoms with E-state index in [1.165, 1.54) is 0 Å². The lowest BCUT2D eigenvalue weighted by Gasteiger charge is -2.11. The van der Waals surface area contributed by atoms with Crippen molar-refractivity contribution in [2.24, 2.45) is 0 Å². The molecular formula is C26H25N3O2. The Balaban J connectivity index is 1.38. The lowest BCUT2D eigenvalue weighted by molar-refractivity contribution is -0.116. The van der Waals surface area contributed by atoms with Crippen molar-refractivity contribution in [3.8, 4) is 5.75 Å². The van der Waals surface area contributed by atoms with Crippen LogP contribution in [-0.2, 0) is 17.9 Å². The largest absolute Gasteiger partial charge is 0.494 e. The zero-order valence-corrected chi connectivity index (χ0v) is 17.3. The summed E-state index contributed by atoms with van der Waals surface area (Å²) in [6.45, 7) is 1.74. The molecule has 31 heavy (non-hydrogen) atoms. The van der Waals surface area contributed by atoms with Crippen LogP contribution < -0.4 is 10.1 Å². The predicted octanol–water partition coefficient (Wildman–Crippen LogP) is 4.84. The van der Waals surface area contributed by atoms with Crippen molar-refractivity contribution < 1.29 is 9.53 Å². The molecule has 0 aliphatic rings. The van der Waals surface area contributed by atoms with E-state index in [2.05, 4.69) is 16.0 Å². The summed E-state index contributed by atoms with van der Waals surface area (Å²) in [5.74, 6) is 1.56. The predicted molar refractivity (Wildman–Crippen MR) is 124 cm³/mol. The van der Waals surface area contributed by atoms with E-state index in [1.807, 2.05) is 78.9 Å². The molecule has 0 unspecified atom stereocenters. The molecule has 0 bridgehead atoms. The molecule has 0 radical (unpaired) electrons. The van der Waals surface area contributed by atoms with E-state index < -0.39 is 0 Å². The number of benzene rings is 3. The number of ether oxygens (including phenoxy) is 1. The third kappa shape index (κ3) is 5.60. The summed E-state index contributed by atoms with van der Waals surface area (Å²) in [6, 6.07) is 27.6. The quantitative estimate of drug-likeness (QED) is 0.317. The normalized spacial score (nSPS) is 11.1. The molecule has 5 nitrogen and oxygen atoms in total. The van der Waals surface area contributed by atoms with Gasteiger partial charge in [-0.05, 0) is 42.3 Å². The Labute approximate surface area is 182 Å². The average molecular weight is 412 g/mol. The maximum absolute atomic E-state index is 12.3. The van der Waals surface area contributed by atoms with Crippen LogP contribution in [0.1, 0.15) is 17.8 Å². The lowest BCUT2D eigenvalue weighted by Crippen LogP contribution is -2.23. The average Bonchev–Trinajstić information content (AvgIpc) is 3.18. The second kappa shape index (κ2) is 10.3. The van der Waals surface area contributed by atoms with E-state index in [-0.39, 0.29) is 5.91 Å². The van der Waals surface area contributed by atoms with Gasteiger partial charge in [0.2, 0.25) is 5.91 Å². The van der Waals surface area contributed by atoms with Crippen LogP contribution in [-0.4, -0.2) is 22.1 Å². The molecule has 0 saturated carbocycles. The molecule has 0 saturated heterocycles. The Bertz CT molecular complexity index is 1150. The minimum Gasteiger partial charge on any atom is -0.494 e.